The molecule has 0 aliphatic carbocycles. The molecule has 0 radical (unpaired) electrons. The molecule has 0 aromatic carbocycles. The zero-order valence-electron chi connectivity index (χ0n) is 10.1. The zero-order valence-corrected chi connectivity index (χ0v) is 10.1. The van der Waals surface area contributed by atoms with Crippen LogP contribution in [-0.2, 0) is 0 Å². The average Bonchev–Trinajstić information content (AvgIpc) is 2.29. The van der Waals surface area contributed by atoms with Gasteiger partial charge in [0.25, 0.3) is 0 Å². The van der Waals surface area contributed by atoms with Gasteiger partial charge < -0.3 is 10.6 Å². The molecule has 16 heavy (non-hydrogen) atoms. The SMILES string of the molecule is CC(C)C1CCN(c2ccnc(N)n2)CC1. The van der Waals surface area contributed by atoms with Crippen LogP contribution < -0.4 is 10.6 Å². The molecular formula is C12H20N4. The minimum absolute atomic E-state index is 0.364. The van der Waals surface area contributed by atoms with Gasteiger partial charge in [0.05, 0.1) is 0 Å². The molecule has 0 spiro atoms. The Labute approximate surface area is 96.9 Å². The molecule has 2 rings (SSSR count). The minimum Gasteiger partial charge on any atom is -0.368 e. The van der Waals surface area contributed by atoms with E-state index in [2.05, 4.69) is 28.7 Å². The van der Waals surface area contributed by atoms with Crippen molar-refractivity contribution < 1.29 is 0 Å². The van der Waals surface area contributed by atoms with E-state index in [1.807, 2.05) is 6.07 Å². The highest BCUT2D eigenvalue weighted by Gasteiger charge is 2.22. The second-order valence-corrected chi connectivity index (χ2v) is 4.84. The summed E-state index contributed by atoms with van der Waals surface area (Å²) in [6, 6.07) is 1.94. The van der Waals surface area contributed by atoms with Gasteiger partial charge in [-0.3, -0.25) is 0 Å². The highest BCUT2D eigenvalue weighted by atomic mass is 15.2. The molecule has 1 fully saturated rings. The zero-order chi connectivity index (χ0) is 11.5. The van der Waals surface area contributed by atoms with Gasteiger partial charge in [-0.1, -0.05) is 13.8 Å². The van der Waals surface area contributed by atoms with Crippen molar-refractivity contribution in [2.24, 2.45) is 11.8 Å². The van der Waals surface area contributed by atoms with Crippen LogP contribution in [0.5, 0.6) is 0 Å². The van der Waals surface area contributed by atoms with E-state index in [0.717, 1.165) is 30.7 Å². The summed E-state index contributed by atoms with van der Waals surface area (Å²) in [7, 11) is 0. The van der Waals surface area contributed by atoms with E-state index >= 15 is 0 Å². The van der Waals surface area contributed by atoms with Gasteiger partial charge >= 0.3 is 0 Å². The van der Waals surface area contributed by atoms with E-state index < -0.39 is 0 Å². The predicted molar refractivity (Wildman–Crippen MR) is 66.2 cm³/mol. The Morgan fingerprint density at radius 3 is 2.62 bits per heavy atom. The second kappa shape index (κ2) is 4.68. The Hall–Kier alpha value is -1.32. The van der Waals surface area contributed by atoms with Crippen molar-refractivity contribution in [3.05, 3.63) is 12.3 Å². The maximum absolute atomic E-state index is 5.59. The lowest BCUT2D eigenvalue weighted by molar-refractivity contribution is 0.310. The topological polar surface area (TPSA) is 55.0 Å². The van der Waals surface area contributed by atoms with E-state index in [1.165, 1.54) is 12.8 Å². The molecule has 2 heterocycles. The largest absolute Gasteiger partial charge is 0.368 e. The lowest BCUT2D eigenvalue weighted by Gasteiger charge is -2.34. The molecule has 1 aromatic heterocycles. The molecule has 0 amide bonds. The summed E-state index contributed by atoms with van der Waals surface area (Å²) in [5.74, 6) is 2.98. The monoisotopic (exact) mass is 220 g/mol. The minimum atomic E-state index is 0.364. The Morgan fingerprint density at radius 2 is 2.06 bits per heavy atom. The summed E-state index contributed by atoms with van der Waals surface area (Å²) >= 11 is 0. The fourth-order valence-corrected chi connectivity index (χ4v) is 2.34. The van der Waals surface area contributed by atoms with Crippen LogP contribution in [0.25, 0.3) is 0 Å². The van der Waals surface area contributed by atoms with E-state index in [1.54, 1.807) is 6.20 Å². The Balaban J connectivity index is 1.99. The number of piperidine rings is 1. The highest BCUT2D eigenvalue weighted by Crippen LogP contribution is 2.26. The smallest absolute Gasteiger partial charge is 0.221 e. The normalized spacial score (nSPS) is 18.1. The molecule has 2 N–H and O–H groups in total. The number of nitrogens with two attached hydrogens (primary N) is 1. The molecule has 88 valence electrons. The summed E-state index contributed by atoms with van der Waals surface area (Å²) in [5, 5.41) is 0. The molecule has 0 atom stereocenters. The highest BCUT2D eigenvalue weighted by molar-refractivity contribution is 5.41. The summed E-state index contributed by atoms with van der Waals surface area (Å²) in [6.07, 6.45) is 4.23. The quantitative estimate of drug-likeness (QED) is 0.827. The third-order valence-electron chi connectivity index (χ3n) is 3.47. The van der Waals surface area contributed by atoms with Crippen LogP contribution in [0, 0.1) is 11.8 Å². The third kappa shape index (κ3) is 2.43. The van der Waals surface area contributed by atoms with Gasteiger partial charge in [-0.15, -0.1) is 0 Å². The van der Waals surface area contributed by atoms with Crippen molar-refractivity contribution in [3.8, 4) is 0 Å². The Morgan fingerprint density at radius 1 is 1.38 bits per heavy atom. The Kier molecular flexibility index (Phi) is 3.27. The van der Waals surface area contributed by atoms with Gasteiger partial charge in [0.2, 0.25) is 5.95 Å². The van der Waals surface area contributed by atoms with Crippen molar-refractivity contribution >= 4 is 11.8 Å². The van der Waals surface area contributed by atoms with Crippen LogP contribution in [0.15, 0.2) is 12.3 Å². The van der Waals surface area contributed by atoms with Gasteiger partial charge in [0, 0.05) is 19.3 Å². The average molecular weight is 220 g/mol. The van der Waals surface area contributed by atoms with E-state index in [-0.39, 0.29) is 0 Å². The van der Waals surface area contributed by atoms with Crippen LogP contribution in [0.3, 0.4) is 0 Å². The van der Waals surface area contributed by atoms with Gasteiger partial charge in [-0.05, 0) is 30.7 Å². The van der Waals surface area contributed by atoms with Gasteiger partial charge in [-0.2, -0.15) is 4.98 Å². The summed E-state index contributed by atoms with van der Waals surface area (Å²) in [5.41, 5.74) is 5.59. The van der Waals surface area contributed by atoms with Crippen LogP contribution in [0.2, 0.25) is 0 Å². The summed E-state index contributed by atoms with van der Waals surface area (Å²) in [4.78, 5) is 10.5. The summed E-state index contributed by atoms with van der Waals surface area (Å²) in [6.45, 7) is 6.78. The molecule has 0 bridgehead atoms. The molecule has 4 nitrogen and oxygen atoms in total. The van der Waals surface area contributed by atoms with Crippen molar-refractivity contribution in [1.29, 1.82) is 0 Å². The molecule has 0 saturated carbocycles. The second-order valence-electron chi connectivity index (χ2n) is 4.84. The van der Waals surface area contributed by atoms with Crippen LogP contribution >= 0.6 is 0 Å². The number of nitrogens with zero attached hydrogens (tertiary/aromatic N) is 3. The van der Waals surface area contributed by atoms with Gasteiger partial charge in [0.15, 0.2) is 0 Å². The summed E-state index contributed by atoms with van der Waals surface area (Å²) < 4.78 is 0. The molecule has 4 heteroatoms. The van der Waals surface area contributed by atoms with Crippen molar-refractivity contribution in [2.45, 2.75) is 26.7 Å². The van der Waals surface area contributed by atoms with Crippen LogP contribution in [-0.4, -0.2) is 23.1 Å². The lowest BCUT2D eigenvalue weighted by Crippen LogP contribution is -2.35. The number of aromatic nitrogens is 2. The van der Waals surface area contributed by atoms with Crippen LogP contribution in [0.1, 0.15) is 26.7 Å². The van der Waals surface area contributed by atoms with Gasteiger partial charge in [0.1, 0.15) is 5.82 Å². The van der Waals surface area contributed by atoms with Crippen molar-refractivity contribution in [3.63, 3.8) is 0 Å². The van der Waals surface area contributed by atoms with E-state index in [9.17, 15) is 0 Å². The number of hydrogen-bond acceptors (Lipinski definition) is 4. The molecule has 1 aromatic rings. The number of hydrogen-bond donors (Lipinski definition) is 1. The standard InChI is InChI=1S/C12H20N4/c1-9(2)10-4-7-16(8-5-10)11-3-6-14-12(13)15-11/h3,6,9-10H,4-5,7-8H2,1-2H3,(H2,13,14,15). The third-order valence-corrected chi connectivity index (χ3v) is 3.47. The first-order chi connectivity index (χ1) is 7.66. The predicted octanol–water partition coefficient (Wildman–Crippen LogP) is 1.93. The molecule has 1 aliphatic heterocycles. The van der Waals surface area contributed by atoms with Crippen molar-refractivity contribution in [2.75, 3.05) is 23.7 Å². The fourth-order valence-electron chi connectivity index (χ4n) is 2.34. The first-order valence-corrected chi connectivity index (χ1v) is 6.00. The van der Waals surface area contributed by atoms with Gasteiger partial charge in [-0.25, -0.2) is 4.98 Å². The molecule has 1 saturated heterocycles. The van der Waals surface area contributed by atoms with E-state index in [4.69, 9.17) is 5.73 Å². The number of nitrogen functional groups attached to an aromatic ring is 1. The van der Waals surface area contributed by atoms with E-state index in [0.29, 0.717) is 5.95 Å². The maximum atomic E-state index is 5.59. The number of anilines is 2. The Bertz CT molecular complexity index is 343. The first-order valence-electron chi connectivity index (χ1n) is 6.00. The molecule has 1 aliphatic rings. The van der Waals surface area contributed by atoms with Crippen molar-refractivity contribution in [1.82, 2.24) is 9.97 Å². The first kappa shape index (κ1) is 11.2. The molecular weight excluding hydrogens is 200 g/mol. The maximum Gasteiger partial charge on any atom is 0.221 e. The molecule has 0 unspecified atom stereocenters. The lowest BCUT2D eigenvalue weighted by atomic mass is 9.87. The number of rotatable bonds is 2. The van der Waals surface area contributed by atoms with Crippen LogP contribution in [0.4, 0.5) is 11.8 Å². The fraction of sp³-hybridized carbons (Fsp3) is 0.667.